The molecule has 0 bridgehead atoms. The summed E-state index contributed by atoms with van der Waals surface area (Å²) in [6.45, 7) is 8.69. The normalized spacial score (nSPS) is 31.4. The van der Waals surface area contributed by atoms with Crippen LogP contribution >= 0.6 is 15.9 Å². The molecule has 0 N–H and O–H groups in total. The Morgan fingerprint density at radius 3 is 2.54 bits per heavy atom. The van der Waals surface area contributed by atoms with Gasteiger partial charge in [0, 0.05) is 16.8 Å². The lowest BCUT2D eigenvalue weighted by molar-refractivity contribution is -0.0977. The van der Waals surface area contributed by atoms with Gasteiger partial charge in [-0.15, -0.1) is 0 Å². The fourth-order valence-corrected chi connectivity index (χ4v) is 2.15. The van der Waals surface area contributed by atoms with E-state index in [1.807, 2.05) is 6.92 Å². The summed E-state index contributed by atoms with van der Waals surface area (Å²) in [5, 5.41) is 0. The highest BCUT2D eigenvalue weighted by Crippen LogP contribution is 2.47. The van der Waals surface area contributed by atoms with Crippen LogP contribution < -0.4 is 0 Å². The van der Waals surface area contributed by atoms with Crippen LogP contribution in [-0.2, 0) is 9.47 Å². The molecule has 0 aromatic carbocycles. The first-order chi connectivity index (χ1) is 6.09. The maximum absolute atomic E-state index is 5.71. The van der Waals surface area contributed by atoms with Crippen molar-refractivity contribution in [1.82, 2.24) is 0 Å². The second kappa shape index (κ2) is 4.76. The highest BCUT2D eigenvalue weighted by molar-refractivity contribution is 9.09. The summed E-state index contributed by atoms with van der Waals surface area (Å²) in [7, 11) is 0. The zero-order valence-electron chi connectivity index (χ0n) is 8.68. The molecule has 78 valence electrons. The second-order valence-corrected chi connectivity index (χ2v) is 5.19. The summed E-state index contributed by atoms with van der Waals surface area (Å²) < 4.78 is 10.9. The molecule has 0 heterocycles. The van der Waals surface area contributed by atoms with Crippen LogP contribution in [0.15, 0.2) is 0 Å². The lowest BCUT2D eigenvalue weighted by Gasteiger charge is -2.48. The smallest absolute Gasteiger partial charge is 0.0704 e. The van der Waals surface area contributed by atoms with Gasteiger partial charge in [0.1, 0.15) is 0 Å². The third kappa shape index (κ3) is 2.67. The molecule has 2 nitrogen and oxygen atoms in total. The lowest BCUT2D eigenvalue weighted by atomic mass is 9.69. The molecule has 0 aromatic rings. The Hall–Kier alpha value is 0.400. The van der Waals surface area contributed by atoms with Gasteiger partial charge in [0.15, 0.2) is 0 Å². The summed E-state index contributed by atoms with van der Waals surface area (Å²) in [5.74, 6) is 0. The van der Waals surface area contributed by atoms with Gasteiger partial charge >= 0.3 is 0 Å². The van der Waals surface area contributed by atoms with Crippen molar-refractivity contribution in [3.63, 3.8) is 0 Å². The molecule has 1 aliphatic rings. The van der Waals surface area contributed by atoms with Crippen molar-refractivity contribution in [3.8, 4) is 0 Å². The number of alkyl halides is 1. The molecule has 1 aliphatic carbocycles. The van der Waals surface area contributed by atoms with E-state index in [1.54, 1.807) is 0 Å². The summed E-state index contributed by atoms with van der Waals surface area (Å²) in [4.78, 5) is 0.608. The van der Waals surface area contributed by atoms with E-state index in [2.05, 4.69) is 29.8 Å². The van der Waals surface area contributed by atoms with Crippen LogP contribution in [0.3, 0.4) is 0 Å². The summed E-state index contributed by atoms with van der Waals surface area (Å²) in [5.41, 5.74) is 0.284. The molecule has 1 fully saturated rings. The second-order valence-electron chi connectivity index (χ2n) is 4.08. The zero-order valence-corrected chi connectivity index (χ0v) is 10.3. The Morgan fingerprint density at radius 2 is 2.08 bits per heavy atom. The molecule has 0 aliphatic heterocycles. The van der Waals surface area contributed by atoms with Crippen molar-refractivity contribution >= 4 is 15.9 Å². The van der Waals surface area contributed by atoms with Crippen molar-refractivity contribution in [3.05, 3.63) is 0 Å². The van der Waals surface area contributed by atoms with E-state index in [9.17, 15) is 0 Å². The van der Waals surface area contributed by atoms with E-state index in [1.165, 1.54) is 0 Å². The first-order valence-corrected chi connectivity index (χ1v) is 5.84. The molecule has 1 saturated carbocycles. The maximum atomic E-state index is 5.71. The van der Waals surface area contributed by atoms with Gasteiger partial charge < -0.3 is 9.47 Å². The fraction of sp³-hybridized carbons (Fsp3) is 1.00. The molecular weight excluding hydrogens is 232 g/mol. The van der Waals surface area contributed by atoms with E-state index >= 15 is 0 Å². The van der Waals surface area contributed by atoms with Gasteiger partial charge in [-0.25, -0.2) is 0 Å². The van der Waals surface area contributed by atoms with E-state index in [4.69, 9.17) is 9.47 Å². The summed E-state index contributed by atoms with van der Waals surface area (Å²) in [6.07, 6.45) is 1.52. The van der Waals surface area contributed by atoms with Crippen LogP contribution in [-0.4, -0.2) is 30.8 Å². The van der Waals surface area contributed by atoms with Crippen LogP contribution in [0.4, 0.5) is 0 Å². The third-order valence-corrected chi connectivity index (χ3v) is 4.36. The molecule has 13 heavy (non-hydrogen) atoms. The molecular formula is C10H19BrO2. The average Bonchev–Trinajstić information content (AvgIpc) is 2.10. The van der Waals surface area contributed by atoms with Crippen molar-refractivity contribution in [2.45, 2.75) is 38.1 Å². The van der Waals surface area contributed by atoms with Crippen LogP contribution in [0, 0.1) is 5.41 Å². The number of ether oxygens (including phenoxy) is 2. The molecule has 0 saturated heterocycles. The Bertz CT molecular complexity index is 159. The third-order valence-electron chi connectivity index (χ3n) is 2.81. The van der Waals surface area contributed by atoms with Crippen molar-refractivity contribution in [2.24, 2.45) is 5.41 Å². The monoisotopic (exact) mass is 250 g/mol. The topological polar surface area (TPSA) is 18.5 Å². The maximum Gasteiger partial charge on any atom is 0.0704 e. The van der Waals surface area contributed by atoms with Gasteiger partial charge in [-0.2, -0.15) is 0 Å². The van der Waals surface area contributed by atoms with Crippen molar-refractivity contribution in [2.75, 3.05) is 19.8 Å². The van der Waals surface area contributed by atoms with Crippen LogP contribution in [0.25, 0.3) is 0 Å². The van der Waals surface area contributed by atoms with Gasteiger partial charge in [0.2, 0.25) is 0 Å². The van der Waals surface area contributed by atoms with E-state index in [0.717, 1.165) is 26.2 Å². The first kappa shape index (κ1) is 11.5. The predicted octanol–water partition coefficient (Wildman–Crippen LogP) is 2.60. The Labute approximate surface area is 89.1 Å². The van der Waals surface area contributed by atoms with Gasteiger partial charge in [-0.1, -0.05) is 29.8 Å². The SMILES string of the molecule is CCOCCOC1CC(Br)C1(C)C. The molecule has 2 atom stereocenters. The highest BCUT2D eigenvalue weighted by atomic mass is 79.9. The molecule has 0 spiro atoms. The van der Waals surface area contributed by atoms with Gasteiger partial charge in [-0.05, 0) is 13.3 Å². The Kier molecular flexibility index (Phi) is 4.20. The predicted molar refractivity (Wildman–Crippen MR) is 57.3 cm³/mol. The van der Waals surface area contributed by atoms with Crippen molar-refractivity contribution in [1.29, 1.82) is 0 Å². The van der Waals surface area contributed by atoms with Crippen LogP contribution in [0.5, 0.6) is 0 Å². The minimum Gasteiger partial charge on any atom is -0.379 e. The standard InChI is InChI=1S/C10H19BrO2/c1-4-12-5-6-13-9-7-8(11)10(9,2)3/h8-9H,4-7H2,1-3H3. The number of hydrogen-bond acceptors (Lipinski definition) is 2. The molecule has 0 amide bonds. The molecule has 0 aromatic heterocycles. The summed E-state index contributed by atoms with van der Waals surface area (Å²) >= 11 is 3.63. The Balaban J connectivity index is 2.10. The van der Waals surface area contributed by atoms with E-state index < -0.39 is 0 Å². The molecule has 2 unspecified atom stereocenters. The minimum absolute atomic E-state index is 0.284. The van der Waals surface area contributed by atoms with Crippen molar-refractivity contribution < 1.29 is 9.47 Å². The number of hydrogen-bond donors (Lipinski definition) is 0. The van der Waals surface area contributed by atoms with Gasteiger partial charge in [-0.3, -0.25) is 0 Å². The summed E-state index contributed by atoms with van der Waals surface area (Å²) in [6, 6.07) is 0. The number of rotatable bonds is 5. The van der Waals surface area contributed by atoms with Crippen LogP contribution in [0.1, 0.15) is 27.2 Å². The largest absolute Gasteiger partial charge is 0.379 e. The molecule has 0 radical (unpaired) electrons. The fourth-order valence-electron chi connectivity index (χ4n) is 1.51. The van der Waals surface area contributed by atoms with E-state index in [-0.39, 0.29) is 5.41 Å². The van der Waals surface area contributed by atoms with Gasteiger partial charge in [0.05, 0.1) is 19.3 Å². The Morgan fingerprint density at radius 1 is 1.38 bits per heavy atom. The zero-order chi connectivity index (χ0) is 9.90. The molecule has 3 heteroatoms. The van der Waals surface area contributed by atoms with Crippen LogP contribution in [0.2, 0.25) is 0 Å². The quantitative estimate of drug-likeness (QED) is 0.552. The van der Waals surface area contributed by atoms with E-state index in [0.29, 0.717) is 10.9 Å². The lowest BCUT2D eigenvalue weighted by Crippen LogP contribution is -2.51. The number of halogens is 1. The minimum atomic E-state index is 0.284. The first-order valence-electron chi connectivity index (χ1n) is 4.92. The average molecular weight is 251 g/mol. The molecule has 1 rings (SSSR count). The highest BCUT2D eigenvalue weighted by Gasteiger charge is 2.47. The van der Waals surface area contributed by atoms with Gasteiger partial charge in [0.25, 0.3) is 0 Å².